The predicted molar refractivity (Wildman–Crippen MR) is 97.9 cm³/mol. The van der Waals surface area contributed by atoms with Crippen molar-refractivity contribution in [2.24, 2.45) is 0 Å². The van der Waals surface area contributed by atoms with E-state index in [0.29, 0.717) is 0 Å². The number of benzene rings is 1. The number of aromatic nitrogens is 1. The van der Waals surface area contributed by atoms with Gasteiger partial charge in [0.05, 0.1) is 19.3 Å². The van der Waals surface area contributed by atoms with Crippen LogP contribution in [0, 0.1) is 20.8 Å². The Balaban J connectivity index is 1.53. The van der Waals surface area contributed by atoms with Crippen molar-refractivity contribution in [1.29, 1.82) is 0 Å². The van der Waals surface area contributed by atoms with Gasteiger partial charge in [-0.2, -0.15) is 0 Å². The summed E-state index contributed by atoms with van der Waals surface area (Å²) in [6, 6.07) is 10.2. The van der Waals surface area contributed by atoms with E-state index in [-0.39, 0.29) is 12.5 Å². The highest BCUT2D eigenvalue weighted by atomic mass is 16.5. The summed E-state index contributed by atoms with van der Waals surface area (Å²) in [7, 11) is 0. The van der Waals surface area contributed by atoms with E-state index < -0.39 is 0 Å². The Labute approximate surface area is 149 Å². The van der Waals surface area contributed by atoms with Crippen LogP contribution in [0.5, 0.6) is 5.75 Å². The largest absolute Gasteiger partial charge is 0.483 e. The molecule has 1 N–H and O–H groups in total. The number of piperazine rings is 1. The number of H-pyrrole nitrogens is 1. The number of aromatic amines is 1. The van der Waals surface area contributed by atoms with Crippen molar-refractivity contribution in [2.45, 2.75) is 20.8 Å². The summed E-state index contributed by atoms with van der Waals surface area (Å²) in [5.41, 5.74) is 3.44. The number of amides is 1. The summed E-state index contributed by atoms with van der Waals surface area (Å²) in [5.74, 6) is 1.95. The predicted octanol–water partition coefficient (Wildman–Crippen LogP) is 2.15. The second-order valence-electron chi connectivity index (χ2n) is 6.61. The summed E-state index contributed by atoms with van der Waals surface area (Å²) in [5, 5.41) is 0. The normalized spacial score (nSPS) is 14.5. The van der Waals surface area contributed by atoms with Crippen LogP contribution in [0.4, 0.5) is 5.82 Å². The first-order chi connectivity index (χ1) is 12.0. The first-order valence-corrected chi connectivity index (χ1v) is 8.74. The van der Waals surface area contributed by atoms with Crippen molar-refractivity contribution < 1.29 is 14.5 Å². The fourth-order valence-corrected chi connectivity index (χ4v) is 3.16. The molecule has 1 aromatic carbocycles. The topological polar surface area (TPSA) is 46.9 Å². The van der Waals surface area contributed by atoms with Gasteiger partial charge in [0, 0.05) is 6.07 Å². The molecule has 0 saturated carbocycles. The Morgan fingerprint density at radius 2 is 1.88 bits per heavy atom. The van der Waals surface area contributed by atoms with Crippen LogP contribution < -0.4 is 14.6 Å². The molecule has 25 heavy (non-hydrogen) atoms. The number of nitrogens with one attached hydrogen (secondary N) is 1. The lowest BCUT2D eigenvalue weighted by molar-refractivity contribution is -0.364. The van der Waals surface area contributed by atoms with Crippen molar-refractivity contribution in [2.75, 3.05) is 37.7 Å². The minimum absolute atomic E-state index is 0.0512. The maximum atomic E-state index is 12.5. The molecule has 0 unspecified atom stereocenters. The second kappa shape index (κ2) is 7.55. The summed E-state index contributed by atoms with van der Waals surface area (Å²) in [6.07, 6.45) is 1.92. The zero-order valence-corrected chi connectivity index (χ0v) is 15.2. The minimum Gasteiger partial charge on any atom is -0.483 e. The molecule has 0 spiro atoms. The molecule has 3 rings (SSSR count). The van der Waals surface area contributed by atoms with Crippen LogP contribution in [0.1, 0.15) is 16.7 Å². The Kier molecular flexibility index (Phi) is 5.22. The van der Waals surface area contributed by atoms with Gasteiger partial charge in [0.1, 0.15) is 18.8 Å². The summed E-state index contributed by atoms with van der Waals surface area (Å²) < 4.78 is 5.81. The molecular weight excluding hydrogens is 314 g/mol. The molecule has 0 atom stereocenters. The monoisotopic (exact) mass is 340 g/mol. The lowest BCUT2D eigenvalue weighted by Crippen LogP contribution is -2.51. The number of rotatable bonds is 4. The van der Waals surface area contributed by atoms with Crippen LogP contribution in [0.15, 0.2) is 36.5 Å². The molecular formula is C20H26N3O2+. The molecule has 5 heteroatoms. The number of nitrogens with zero attached hydrogens (tertiary/aromatic N) is 2. The molecule has 2 aromatic rings. The third kappa shape index (κ3) is 4.10. The molecule has 1 amide bonds. The van der Waals surface area contributed by atoms with Crippen LogP contribution in [0.2, 0.25) is 0 Å². The van der Waals surface area contributed by atoms with Gasteiger partial charge >= 0.3 is 0 Å². The molecule has 0 radical (unpaired) electrons. The average Bonchev–Trinajstić information content (AvgIpc) is 2.64. The van der Waals surface area contributed by atoms with E-state index in [0.717, 1.165) is 48.9 Å². The van der Waals surface area contributed by atoms with E-state index in [4.69, 9.17) is 4.74 Å². The Morgan fingerprint density at radius 3 is 2.56 bits per heavy atom. The summed E-state index contributed by atoms with van der Waals surface area (Å²) in [6.45, 7) is 9.33. The first kappa shape index (κ1) is 17.3. The van der Waals surface area contributed by atoms with Crippen molar-refractivity contribution in [3.05, 3.63) is 53.2 Å². The molecule has 2 heterocycles. The Hall–Kier alpha value is -2.56. The number of hydrogen-bond acceptors (Lipinski definition) is 3. The average molecular weight is 340 g/mol. The number of aryl methyl sites for hydroxylation is 2. The van der Waals surface area contributed by atoms with E-state index in [2.05, 4.69) is 28.9 Å². The first-order valence-electron chi connectivity index (χ1n) is 8.74. The SMILES string of the molecule is Cc1cc(C)c(C)c(OCC(=O)N2CCN(c3cccc[nH+]3)CC2)c1. The maximum absolute atomic E-state index is 12.5. The van der Waals surface area contributed by atoms with Gasteiger partial charge in [-0.25, -0.2) is 4.98 Å². The Bertz CT molecular complexity index is 738. The third-order valence-corrected chi connectivity index (χ3v) is 4.78. The van der Waals surface area contributed by atoms with E-state index in [1.807, 2.05) is 43.1 Å². The molecule has 0 bridgehead atoms. The van der Waals surface area contributed by atoms with E-state index in [1.54, 1.807) is 0 Å². The van der Waals surface area contributed by atoms with Crippen LogP contribution in [0.25, 0.3) is 0 Å². The molecule has 1 aliphatic heterocycles. The highest BCUT2D eigenvalue weighted by Crippen LogP contribution is 2.23. The van der Waals surface area contributed by atoms with E-state index in [9.17, 15) is 4.79 Å². The second-order valence-corrected chi connectivity index (χ2v) is 6.61. The van der Waals surface area contributed by atoms with Gasteiger partial charge in [-0.15, -0.1) is 0 Å². The van der Waals surface area contributed by atoms with Gasteiger partial charge in [-0.3, -0.25) is 9.69 Å². The van der Waals surface area contributed by atoms with Gasteiger partial charge < -0.3 is 9.64 Å². The summed E-state index contributed by atoms with van der Waals surface area (Å²) >= 11 is 0. The smallest absolute Gasteiger partial charge is 0.274 e. The number of hydrogen-bond donors (Lipinski definition) is 0. The fourth-order valence-electron chi connectivity index (χ4n) is 3.16. The maximum Gasteiger partial charge on any atom is 0.274 e. The standard InChI is InChI=1S/C20H25N3O2/c1-15-12-16(2)17(3)18(13-15)25-14-20(24)23-10-8-22(9-11-23)19-6-4-5-7-21-19/h4-7,12-13H,8-11,14H2,1-3H3/p+1. The molecule has 1 fully saturated rings. The summed E-state index contributed by atoms with van der Waals surface area (Å²) in [4.78, 5) is 19.9. The highest BCUT2D eigenvalue weighted by Gasteiger charge is 2.26. The Morgan fingerprint density at radius 1 is 1.12 bits per heavy atom. The van der Waals surface area contributed by atoms with E-state index in [1.165, 1.54) is 5.56 Å². The van der Waals surface area contributed by atoms with Crippen molar-refractivity contribution in [3.8, 4) is 5.75 Å². The fraction of sp³-hybridized carbons (Fsp3) is 0.400. The van der Waals surface area contributed by atoms with Gasteiger partial charge in [0.2, 0.25) is 0 Å². The molecule has 132 valence electrons. The number of carbonyl (C=O) groups is 1. The zero-order chi connectivity index (χ0) is 17.8. The highest BCUT2D eigenvalue weighted by molar-refractivity contribution is 5.78. The van der Waals surface area contributed by atoms with Crippen LogP contribution in [0.3, 0.4) is 0 Å². The lowest BCUT2D eigenvalue weighted by atomic mass is 10.1. The van der Waals surface area contributed by atoms with Crippen molar-refractivity contribution >= 4 is 11.7 Å². The number of ether oxygens (including phenoxy) is 1. The number of carbonyl (C=O) groups excluding carboxylic acids is 1. The van der Waals surface area contributed by atoms with Gasteiger partial charge in [0.15, 0.2) is 6.61 Å². The minimum atomic E-state index is 0.0512. The zero-order valence-electron chi connectivity index (χ0n) is 15.2. The molecule has 1 saturated heterocycles. The van der Waals surface area contributed by atoms with Crippen LogP contribution in [-0.2, 0) is 4.79 Å². The number of pyridine rings is 1. The lowest BCUT2D eigenvalue weighted by Gasteiger charge is -2.31. The van der Waals surface area contributed by atoms with Crippen molar-refractivity contribution in [3.63, 3.8) is 0 Å². The van der Waals surface area contributed by atoms with Crippen LogP contribution in [-0.4, -0.2) is 43.6 Å². The van der Waals surface area contributed by atoms with Gasteiger partial charge in [0.25, 0.3) is 11.7 Å². The van der Waals surface area contributed by atoms with Crippen LogP contribution >= 0.6 is 0 Å². The van der Waals surface area contributed by atoms with E-state index >= 15 is 0 Å². The molecule has 5 nitrogen and oxygen atoms in total. The molecule has 1 aromatic heterocycles. The van der Waals surface area contributed by atoms with Gasteiger partial charge in [-0.1, -0.05) is 12.1 Å². The quantitative estimate of drug-likeness (QED) is 0.857. The van der Waals surface area contributed by atoms with Crippen molar-refractivity contribution in [1.82, 2.24) is 4.90 Å². The number of anilines is 1. The van der Waals surface area contributed by atoms with Gasteiger partial charge in [-0.05, 0) is 49.6 Å². The molecule has 0 aliphatic carbocycles. The third-order valence-electron chi connectivity index (χ3n) is 4.78. The molecule has 1 aliphatic rings.